The summed E-state index contributed by atoms with van der Waals surface area (Å²) in [6, 6.07) is 3.83. The number of aliphatic hydroxyl groups is 1. The Bertz CT molecular complexity index is 481. The van der Waals surface area contributed by atoms with Crippen molar-refractivity contribution in [2.75, 3.05) is 11.9 Å². The van der Waals surface area contributed by atoms with Crippen molar-refractivity contribution in [3.8, 4) is 0 Å². The number of para-hydroxylation sites is 1. The van der Waals surface area contributed by atoms with Gasteiger partial charge in [0.2, 0.25) is 0 Å². The number of nitro benzene ring substituents is 1. The fourth-order valence-corrected chi connectivity index (χ4v) is 1.96. The molecule has 1 unspecified atom stereocenters. The smallest absolute Gasteiger partial charge is 0.338 e. The fraction of sp³-hybridized carbons (Fsp3) is 0.462. The maximum absolute atomic E-state index is 11.1. The van der Waals surface area contributed by atoms with Gasteiger partial charge in [0.1, 0.15) is 5.69 Å². The normalized spacial score (nSPS) is 13.6. The van der Waals surface area contributed by atoms with E-state index in [0.717, 1.165) is 6.42 Å². The van der Waals surface area contributed by atoms with E-state index in [1.807, 2.05) is 6.92 Å². The first-order chi connectivity index (χ1) is 9.28. The Balaban J connectivity index is 3.08. The molecule has 1 rings (SSSR count). The van der Waals surface area contributed by atoms with E-state index >= 15 is 0 Å². The highest BCUT2D eigenvalue weighted by atomic mass is 16.6. The highest BCUT2D eigenvalue weighted by Crippen LogP contribution is 2.29. The molecule has 0 aliphatic rings. The van der Waals surface area contributed by atoms with Crippen LogP contribution in [0.1, 0.15) is 37.0 Å². The van der Waals surface area contributed by atoms with Gasteiger partial charge < -0.3 is 15.5 Å². The topological polar surface area (TPSA) is 113 Å². The Morgan fingerprint density at radius 3 is 2.65 bits per heavy atom. The van der Waals surface area contributed by atoms with Crippen LogP contribution in [0.3, 0.4) is 0 Å². The second-order valence-corrected chi connectivity index (χ2v) is 4.86. The molecule has 7 nitrogen and oxygen atoms in total. The molecule has 0 aliphatic carbocycles. The molecule has 1 atom stereocenters. The van der Waals surface area contributed by atoms with Gasteiger partial charge in [-0.05, 0) is 19.4 Å². The molecule has 1 aromatic rings. The number of rotatable bonds is 7. The van der Waals surface area contributed by atoms with E-state index in [2.05, 4.69) is 5.32 Å². The molecule has 0 radical (unpaired) electrons. The van der Waals surface area contributed by atoms with E-state index in [1.54, 1.807) is 6.92 Å². The number of carbonyl (C=O) groups is 1. The van der Waals surface area contributed by atoms with Crippen LogP contribution in [0.4, 0.5) is 11.4 Å². The molecule has 0 saturated carbocycles. The van der Waals surface area contributed by atoms with Gasteiger partial charge in [0.05, 0.1) is 16.1 Å². The minimum absolute atomic E-state index is 0.0337. The summed E-state index contributed by atoms with van der Waals surface area (Å²) in [7, 11) is 0. The van der Waals surface area contributed by atoms with E-state index in [-0.39, 0.29) is 23.5 Å². The van der Waals surface area contributed by atoms with Crippen molar-refractivity contribution in [3.05, 3.63) is 33.9 Å². The first-order valence-corrected chi connectivity index (χ1v) is 6.25. The molecule has 0 aliphatic heterocycles. The molecule has 0 heterocycles. The number of aromatic carboxylic acids is 1. The number of hydrogen-bond donors (Lipinski definition) is 3. The van der Waals surface area contributed by atoms with Gasteiger partial charge in [-0.2, -0.15) is 0 Å². The first kappa shape index (κ1) is 15.9. The zero-order chi connectivity index (χ0) is 15.3. The molecule has 0 bridgehead atoms. The summed E-state index contributed by atoms with van der Waals surface area (Å²) in [5, 5.41) is 32.8. The van der Waals surface area contributed by atoms with Gasteiger partial charge in [-0.3, -0.25) is 10.1 Å². The molecule has 110 valence electrons. The van der Waals surface area contributed by atoms with Crippen LogP contribution >= 0.6 is 0 Å². The largest absolute Gasteiger partial charge is 0.478 e. The Hall–Kier alpha value is -2.15. The fourth-order valence-electron chi connectivity index (χ4n) is 1.96. The molecule has 0 spiro atoms. The van der Waals surface area contributed by atoms with Gasteiger partial charge in [-0.25, -0.2) is 4.79 Å². The predicted octanol–water partition coefficient (Wildman–Crippen LogP) is 2.26. The number of nitro groups is 1. The van der Waals surface area contributed by atoms with E-state index in [1.165, 1.54) is 18.2 Å². The Labute approximate surface area is 116 Å². The van der Waals surface area contributed by atoms with Gasteiger partial charge >= 0.3 is 5.97 Å². The molecule has 0 amide bonds. The van der Waals surface area contributed by atoms with Crippen molar-refractivity contribution < 1.29 is 19.9 Å². The summed E-state index contributed by atoms with van der Waals surface area (Å²) >= 11 is 0. The van der Waals surface area contributed by atoms with Gasteiger partial charge in [-0.15, -0.1) is 0 Å². The minimum Gasteiger partial charge on any atom is -0.478 e. The number of anilines is 1. The van der Waals surface area contributed by atoms with Crippen molar-refractivity contribution in [2.45, 2.75) is 32.3 Å². The van der Waals surface area contributed by atoms with E-state index < -0.39 is 16.5 Å². The highest BCUT2D eigenvalue weighted by Gasteiger charge is 2.25. The number of nitrogens with zero attached hydrogens (tertiary/aromatic N) is 1. The second-order valence-electron chi connectivity index (χ2n) is 4.86. The van der Waals surface area contributed by atoms with E-state index in [0.29, 0.717) is 6.42 Å². The van der Waals surface area contributed by atoms with Crippen LogP contribution in [0.15, 0.2) is 18.2 Å². The highest BCUT2D eigenvalue weighted by molar-refractivity contribution is 5.96. The quantitative estimate of drug-likeness (QED) is 0.522. The van der Waals surface area contributed by atoms with Crippen LogP contribution < -0.4 is 5.32 Å². The monoisotopic (exact) mass is 282 g/mol. The van der Waals surface area contributed by atoms with Crippen LogP contribution in [0, 0.1) is 10.1 Å². The minimum atomic E-state index is -1.26. The Morgan fingerprint density at radius 1 is 1.50 bits per heavy atom. The van der Waals surface area contributed by atoms with Crippen LogP contribution in [0.2, 0.25) is 0 Å². The lowest BCUT2D eigenvalue weighted by Gasteiger charge is -2.24. The molecule has 0 fully saturated rings. The second kappa shape index (κ2) is 6.33. The van der Waals surface area contributed by atoms with Crippen LogP contribution in [-0.4, -0.2) is 33.3 Å². The number of carboxylic acids is 1. The number of hydrogen-bond acceptors (Lipinski definition) is 5. The summed E-state index contributed by atoms with van der Waals surface area (Å²) in [6.45, 7) is 3.53. The third-order valence-electron chi connectivity index (χ3n) is 2.90. The Morgan fingerprint density at radius 2 is 2.15 bits per heavy atom. The number of benzene rings is 1. The average Bonchev–Trinajstić information content (AvgIpc) is 2.35. The molecule has 7 heteroatoms. The van der Waals surface area contributed by atoms with Crippen LogP contribution in [0.25, 0.3) is 0 Å². The average molecular weight is 282 g/mol. The summed E-state index contributed by atoms with van der Waals surface area (Å²) < 4.78 is 0. The van der Waals surface area contributed by atoms with Crippen LogP contribution in [-0.2, 0) is 0 Å². The van der Waals surface area contributed by atoms with Crippen molar-refractivity contribution in [3.63, 3.8) is 0 Å². The molecule has 0 saturated heterocycles. The molecule has 0 aromatic heterocycles. The Kier molecular flexibility index (Phi) is 5.04. The van der Waals surface area contributed by atoms with Crippen LogP contribution in [0.5, 0.6) is 0 Å². The summed E-state index contributed by atoms with van der Waals surface area (Å²) in [5.74, 6) is -1.26. The van der Waals surface area contributed by atoms with Crippen molar-refractivity contribution >= 4 is 17.3 Å². The maximum atomic E-state index is 11.1. The van der Waals surface area contributed by atoms with Crippen molar-refractivity contribution in [2.24, 2.45) is 0 Å². The lowest BCUT2D eigenvalue weighted by molar-refractivity contribution is -0.384. The standard InChI is InChI=1S/C13H18N2O5/c1-3-7-13(2,18)8-14-11-9(12(16)17)5-4-6-10(11)15(19)20/h4-6,14,18H,3,7-8H2,1-2H3,(H,16,17). The van der Waals surface area contributed by atoms with Crippen molar-refractivity contribution in [1.82, 2.24) is 0 Å². The van der Waals surface area contributed by atoms with Crippen molar-refractivity contribution in [1.29, 1.82) is 0 Å². The van der Waals surface area contributed by atoms with Gasteiger partial charge in [0, 0.05) is 12.6 Å². The summed E-state index contributed by atoms with van der Waals surface area (Å²) in [4.78, 5) is 21.4. The van der Waals surface area contributed by atoms with E-state index in [9.17, 15) is 20.0 Å². The molecular formula is C13H18N2O5. The van der Waals surface area contributed by atoms with Gasteiger partial charge in [-0.1, -0.05) is 19.4 Å². The summed E-state index contributed by atoms with van der Waals surface area (Å²) in [6.07, 6.45) is 1.25. The third kappa shape index (κ3) is 3.92. The SMILES string of the molecule is CCCC(C)(O)CNc1c(C(=O)O)cccc1[N+](=O)[O-]. The van der Waals surface area contributed by atoms with Gasteiger partial charge in [0.25, 0.3) is 5.69 Å². The zero-order valence-corrected chi connectivity index (χ0v) is 11.4. The molecular weight excluding hydrogens is 264 g/mol. The maximum Gasteiger partial charge on any atom is 0.338 e. The van der Waals surface area contributed by atoms with E-state index in [4.69, 9.17) is 5.11 Å². The summed E-state index contributed by atoms with van der Waals surface area (Å²) in [5.41, 5.74) is -1.65. The zero-order valence-electron chi connectivity index (χ0n) is 11.4. The third-order valence-corrected chi connectivity index (χ3v) is 2.90. The molecule has 3 N–H and O–H groups in total. The lowest BCUT2D eigenvalue weighted by atomic mass is 10.0. The van der Waals surface area contributed by atoms with Gasteiger partial charge in [0.15, 0.2) is 0 Å². The molecule has 1 aromatic carbocycles. The molecule has 20 heavy (non-hydrogen) atoms. The number of nitrogens with one attached hydrogen (secondary N) is 1. The predicted molar refractivity (Wildman–Crippen MR) is 74.1 cm³/mol. The first-order valence-electron chi connectivity index (χ1n) is 6.25. The number of carboxylic acid groups (broad SMARTS) is 1. The lowest BCUT2D eigenvalue weighted by Crippen LogP contribution is -2.33.